The molecule has 0 saturated heterocycles. The fraction of sp³-hybridized carbons (Fsp3) is 0.909. The number of rotatable bonds is 9. The second kappa shape index (κ2) is 7.60. The molecule has 0 spiro atoms. The van der Waals surface area contributed by atoms with Gasteiger partial charge in [-0.2, -0.15) is 0 Å². The molecule has 0 bridgehead atoms. The van der Waals surface area contributed by atoms with Crippen LogP contribution in [0.4, 0.5) is 0 Å². The minimum Gasteiger partial charge on any atom is -0.380 e. The highest BCUT2D eigenvalue weighted by Gasteiger charge is 2.20. The van der Waals surface area contributed by atoms with E-state index in [1.54, 1.807) is 0 Å². The zero-order valence-corrected chi connectivity index (χ0v) is 10.1. The summed E-state index contributed by atoms with van der Waals surface area (Å²) >= 11 is 0. The number of hydrogen-bond donors (Lipinski definition) is 2. The van der Waals surface area contributed by atoms with Gasteiger partial charge in [0, 0.05) is 19.6 Å². The van der Waals surface area contributed by atoms with Crippen LogP contribution in [0.15, 0.2) is 0 Å². The van der Waals surface area contributed by atoms with Crippen molar-refractivity contribution >= 4 is 5.91 Å². The normalized spacial score (nSPS) is 15.4. The molecule has 0 atom stereocenters. The average Bonchev–Trinajstić information content (AvgIpc) is 3.08. The van der Waals surface area contributed by atoms with Gasteiger partial charge in [-0.05, 0) is 38.8 Å². The topological polar surface area (TPSA) is 67.6 Å². The Hall–Kier alpha value is -0.650. The molecule has 1 aliphatic rings. The molecule has 3 N–H and O–H groups in total. The van der Waals surface area contributed by atoms with Crippen molar-refractivity contribution in [2.24, 2.45) is 11.8 Å². The van der Waals surface area contributed by atoms with Gasteiger partial charge in [0.25, 0.3) is 0 Å². The molecule has 0 aromatic carbocycles. The molecule has 1 saturated carbocycles. The van der Waals surface area contributed by atoms with E-state index in [0.717, 1.165) is 38.6 Å². The minimum absolute atomic E-state index is 0.0987. The van der Waals surface area contributed by atoms with Crippen LogP contribution in [0.1, 0.15) is 25.7 Å². The number of nitrogens with two attached hydrogens (primary N) is 1. The zero-order valence-electron chi connectivity index (χ0n) is 10.1. The Balaban J connectivity index is 1.85. The molecule has 1 fully saturated rings. The van der Waals surface area contributed by atoms with Gasteiger partial charge in [0.1, 0.15) is 0 Å². The summed E-state index contributed by atoms with van der Waals surface area (Å²) in [5.74, 6) is 5.72. The number of carbonyl (C=O) groups is 1. The molecule has 1 aliphatic carbocycles. The number of ether oxygens (including phenoxy) is 1. The van der Waals surface area contributed by atoms with Gasteiger partial charge in [-0.15, -0.1) is 0 Å². The third kappa shape index (κ3) is 6.76. The molecule has 5 heteroatoms. The summed E-state index contributed by atoms with van der Waals surface area (Å²) in [6.45, 7) is 3.54. The van der Waals surface area contributed by atoms with Crippen LogP contribution in [0.3, 0.4) is 0 Å². The fourth-order valence-electron chi connectivity index (χ4n) is 1.45. The van der Waals surface area contributed by atoms with Crippen molar-refractivity contribution in [1.29, 1.82) is 0 Å². The molecule has 0 heterocycles. The molecule has 0 aliphatic heterocycles. The molecule has 0 radical (unpaired) electrons. The average molecular weight is 229 g/mol. The smallest absolute Gasteiger partial charge is 0.233 e. The summed E-state index contributed by atoms with van der Waals surface area (Å²) in [7, 11) is 2.04. The number of nitrogens with zero attached hydrogens (tertiary/aromatic N) is 1. The monoisotopic (exact) mass is 229 g/mol. The van der Waals surface area contributed by atoms with Crippen LogP contribution in [0.5, 0.6) is 0 Å². The molecule has 0 unspecified atom stereocenters. The van der Waals surface area contributed by atoms with E-state index < -0.39 is 0 Å². The van der Waals surface area contributed by atoms with Crippen LogP contribution >= 0.6 is 0 Å². The summed E-state index contributed by atoms with van der Waals surface area (Å²) in [6.07, 6.45) is 4.00. The Morgan fingerprint density at radius 2 is 2.25 bits per heavy atom. The zero-order chi connectivity index (χ0) is 11.8. The van der Waals surface area contributed by atoms with Gasteiger partial charge in [-0.3, -0.25) is 10.2 Å². The molecule has 0 aromatic rings. The summed E-state index contributed by atoms with van der Waals surface area (Å²) < 4.78 is 5.54. The van der Waals surface area contributed by atoms with Crippen LogP contribution in [0.2, 0.25) is 0 Å². The summed E-state index contributed by atoms with van der Waals surface area (Å²) in [5, 5.41) is 0. The molecule has 5 nitrogen and oxygen atoms in total. The summed E-state index contributed by atoms with van der Waals surface area (Å²) in [6, 6.07) is 0. The Kier molecular flexibility index (Phi) is 6.37. The van der Waals surface area contributed by atoms with Crippen LogP contribution in [-0.4, -0.2) is 44.2 Å². The Bertz CT molecular complexity index is 207. The quantitative estimate of drug-likeness (QED) is 0.255. The highest BCUT2D eigenvalue weighted by atomic mass is 16.5. The maximum Gasteiger partial charge on any atom is 0.233 e. The number of amides is 1. The van der Waals surface area contributed by atoms with Crippen LogP contribution in [-0.2, 0) is 9.53 Å². The first-order valence-corrected chi connectivity index (χ1v) is 5.98. The molecule has 94 valence electrons. The van der Waals surface area contributed by atoms with E-state index >= 15 is 0 Å². The molecule has 1 rings (SSSR count). The SMILES string of the molecule is CN(CCCC(=O)NN)CCOCC1CC1. The van der Waals surface area contributed by atoms with Crippen molar-refractivity contribution in [3.63, 3.8) is 0 Å². The van der Waals surface area contributed by atoms with Gasteiger partial charge in [-0.25, -0.2) is 5.84 Å². The third-order valence-electron chi connectivity index (χ3n) is 2.77. The van der Waals surface area contributed by atoms with E-state index in [4.69, 9.17) is 10.6 Å². The van der Waals surface area contributed by atoms with E-state index in [9.17, 15) is 4.79 Å². The van der Waals surface area contributed by atoms with Gasteiger partial charge in [-0.1, -0.05) is 0 Å². The van der Waals surface area contributed by atoms with Crippen molar-refractivity contribution in [1.82, 2.24) is 10.3 Å². The van der Waals surface area contributed by atoms with Crippen molar-refractivity contribution < 1.29 is 9.53 Å². The first-order chi connectivity index (χ1) is 7.72. The fourth-order valence-corrected chi connectivity index (χ4v) is 1.45. The van der Waals surface area contributed by atoms with E-state index in [2.05, 4.69) is 10.3 Å². The van der Waals surface area contributed by atoms with Crippen LogP contribution in [0.25, 0.3) is 0 Å². The Labute approximate surface area is 97.3 Å². The third-order valence-corrected chi connectivity index (χ3v) is 2.77. The number of hydrogen-bond acceptors (Lipinski definition) is 4. The van der Waals surface area contributed by atoms with Crippen molar-refractivity contribution in [2.75, 3.05) is 33.4 Å². The van der Waals surface area contributed by atoms with Gasteiger partial charge in [0.15, 0.2) is 0 Å². The van der Waals surface area contributed by atoms with Crippen LogP contribution < -0.4 is 11.3 Å². The largest absolute Gasteiger partial charge is 0.380 e. The first-order valence-electron chi connectivity index (χ1n) is 5.98. The van der Waals surface area contributed by atoms with Gasteiger partial charge < -0.3 is 9.64 Å². The lowest BCUT2D eigenvalue weighted by atomic mass is 10.3. The van der Waals surface area contributed by atoms with E-state index in [0.29, 0.717) is 6.42 Å². The van der Waals surface area contributed by atoms with Gasteiger partial charge >= 0.3 is 0 Å². The lowest BCUT2D eigenvalue weighted by Gasteiger charge is -2.16. The van der Waals surface area contributed by atoms with Crippen molar-refractivity contribution in [2.45, 2.75) is 25.7 Å². The predicted octanol–water partition coefficient (Wildman–Crippen LogP) is 0.115. The highest BCUT2D eigenvalue weighted by molar-refractivity contribution is 5.75. The number of likely N-dealkylation sites (N-methyl/N-ethyl adjacent to an activating group) is 1. The minimum atomic E-state index is -0.0987. The van der Waals surface area contributed by atoms with Crippen LogP contribution in [0, 0.1) is 5.92 Å². The number of carbonyl (C=O) groups excluding carboxylic acids is 1. The molecule has 0 aromatic heterocycles. The lowest BCUT2D eigenvalue weighted by molar-refractivity contribution is -0.121. The maximum absolute atomic E-state index is 10.9. The second-order valence-corrected chi connectivity index (χ2v) is 4.49. The van der Waals surface area contributed by atoms with E-state index in [-0.39, 0.29) is 5.91 Å². The maximum atomic E-state index is 10.9. The summed E-state index contributed by atoms with van der Waals surface area (Å²) in [5.41, 5.74) is 2.13. The standard InChI is InChI=1S/C11H23N3O2/c1-14(6-2-3-11(15)13-12)7-8-16-9-10-4-5-10/h10H,2-9,12H2,1H3,(H,13,15). The Morgan fingerprint density at radius 1 is 1.50 bits per heavy atom. The molecule has 16 heavy (non-hydrogen) atoms. The molecule has 1 amide bonds. The predicted molar refractivity (Wildman–Crippen MR) is 62.6 cm³/mol. The summed E-state index contributed by atoms with van der Waals surface area (Å²) in [4.78, 5) is 13.0. The van der Waals surface area contributed by atoms with E-state index in [1.165, 1.54) is 12.8 Å². The van der Waals surface area contributed by atoms with E-state index in [1.807, 2.05) is 7.05 Å². The molecular formula is C11H23N3O2. The first kappa shape index (κ1) is 13.4. The highest BCUT2D eigenvalue weighted by Crippen LogP contribution is 2.28. The number of nitrogens with one attached hydrogen (secondary N) is 1. The van der Waals surface area contributed by atoms with Crippen molar-refractivity contribution in [3.8, 4) is 0 Å². The number of hydrazine groups is 1. The second-order valence-electron chi connectivity index (χ2n) is 4.49. The Morgan fingerprint density at radius 3 is 2.88 bits per heavy atom. The van der Waals surface area contributed by atoms with Crippen molar-refractivity contribution in [3.05, 3.63) is 0 Å². The molecular weight excluding hydrogens is 206 g/mol. The lowest BCUT2D eigenvalue weighted by Crippen LogP contribution is -2.31. The van der Waals surface area contributed by atoms with Gasteiger partial charge in [0.05, 0.1) is 6.61 Å². The van der Waals surface area contributed by atoms with Gasteiger partial charge in [0.2, 0.25) is 5.91 Å².